The number of carboxylic acid groups (broad SMARTS) is 2. The van der Waals surface area contributed by atoms with Crippen molar-refractivity contribution in [3.63, 3.8) is 0 Å². The zero-order chi connectivity index (χ0) is 33.7. The molecular weight excluding hydrogens is 566 g/mol. The Labute approximate surface area is 272 Å². The second-order valence-electron chi connectivity index (χ2n) is 12.9. The van der Waals surface area contributed by atoms with Crippen LogP contribution in [0.3, 0.4) is 0 Å². The minimum Gasteiger partial charge on any atom is -0.489 e. The van der Waals surface area contributed by atoms with Gasteiger partial charge in [-0.1, -0.05) is 90.9 Å². The predicted molar refractivity (Wildman–Crippen MR) is 185 cm³/mol. The van der Waals surface area contributed by atoms with E-state index < -0.39 is 17.4 Å². The van der Waals surface area contributed by atoms with Crippen LogP contribution in [0.15, 0.2) is 28.6 Å². The minimum atomic E-state index is -1.52. The monoisotopic (exact) mass is 627 g/mol. The van der Waals surface area contributed by atoms with Gasteiger partial charge in [-0.15, -0.1) is 0 Å². The second kappa shape index (κ2) is 18.1. The lowest BCUT2D eigenvalue weighted by molar-refractivity contribution is -0.134. The molecule has 0 aliphatic carbocycles. The van der Waals surface area contributed by atoms with E-state index in [-0.39, 0.29) is 29.4 Å². The topological polar surface area (TPSA) is 139 Å². The van der Waals surface area contributed by atoms with Crippen LogP contribution in [0.2, 0.25) is 0 Å². The number of nitrogen functional groups attached to an aromatic ring is 2. The van der Waals surface area contributed by atoms with Crippen molar-refractivity contribution in [2.75, 3.05) is 18.0 Å². The van der Waals surface area contributed by atoms with Crippen molar-refractivity contribution in [2.45, 2.75) is 156 Å². The molecule has 254 valence electrons. The summed E-state index contributed by atoms with van der Waals surface area (Å²) in [4.78, 5) is 28.1. The van der Waals surface area contributed by atoms with Crippen LogP contribution in [-0.2, 0) is 21.4 Å². The molecule has 1 aliphatic rings. The van der Waals surface area contributed by atoms with Crippen LogP contribution < -0.4 is 16.2 Å². The zero-order valence-corrected chi connectivity index (χ0v) is 29.2. The van der Waals surface area contributed by atoms with Crippen molar-refractivity contribution in [3.05, 3.63) is 39.7 Å². The number of allylic oxidation sites excluding steroid dienone is 2. The van der Waals surface area contributed by atoms with Crippen LogP contribution in [0.25, 0.3) is 0 Å². The molecule has 0 unspecified atom stereocenters. The van der Waals surface area contributed by atoms with Gasteiger partial charge in [0.25, 0.3) is 0 Å². The largest absolute Gasteiger partial charge is 0.489 e. The summed E-state index contributed by atoms with van der Waals surface area (Å²) in [6, 6.07) is 1.68. The summed E-state index contributed by atoms with van der Waals surface area (Å²) in [5, 5.41) is 21.5. The highest BCUT2D eigenvalue weighted by molar-refractivity contribution is 6.01. The maximum atomic E-state index is 13.1. The summed E-state index contributed by atoms with van der Waals surface area (Å²) >= 11 is 0. The van der Waals surface area contributed by atoms with E-state index in [1.807, 2.05) is 27.7 Å². The van der Waals surface area contributed by atoms with Gasteiger partial charge in [0.05, 0.1) is 28.4 Å². The standard InChI is InChI=1S/C37H61N3O5/c1-8-11-12-13-14-15-16-17-18-19-20-21-22-23-28-29(38)24-30(39)34(45-25(4)5)33(28)37(9-2)31(35(41)42)26(6)40(10-3)27(7)32(37)36(43)44/h24-25H,8-23,38-39H2,1-7H3,(H,41,42)(H,43,44). The molecule has 2 rings (SSSR count). The Morgan fingerprint density at radius 1 is 0.778 bits per heavy atom. The molecule has 45 heavy (non-hydrogen) atoms. The van der Waals surface area contributed by atoms with E-state index in [9.17, 15) is 19.8 Å². The van der Waals surface area contributed by atoms with Crippen LogP contribution in [0.5, 0.6) is 5.75 Å². The molecule has 8 nitrogen and oxygen atoms in total. The number of benzene rings is 1. The molecule has 0 fully saturated rings. The zero-order valence-electron chi connectivity index (χ0n) is 29.2. The number of carbonyl (C=O) groups is 2. The lowest BCUT2D eigenvalue weighted by atomic mass is 9.62. The summed E-state index contributed by atoms with van der Waals surface area (Å²) in [5.74, 6) is -2.00. The number of nitrogens with zero attached hydrogens (tertiary/aromatic N) is 1. The van der Waals surface area contributed by atoms with Gasteiger partial charge in [0.1, 0.15) is 5.75 Å². The average molecular weight is 628 g/mol. The van der Waals surface area contributed by atoms with Crippen molar-refractivity contribution in [1.82, 2.24) is 4.90 Å². The quantitative estimate of drug-likeness (QED) is 0.0782. The number of hydrogen-bond donors (Lipinski definition) is 4. The molecule has 6 N–H and O–H groups in total. The van der Waals surface area contributed by atoms with Crippen LogP contribution >= 0.6 is 0 Å². The van der Waals surface area contributed by atoms with Crippen molar-refractivity contribution < 1.29 is 24.5 Å². The average Bonchev–Trinajstić information content (AvgIpc) is 2.96. The number of hydrogen-bond acceptors (Lipinski definition) is 6. The van der Waals surface area contributed by atoms with Gasteiger partial charge in [0, 0.05) is 29.2 Å². The Morgan fingerprint density at radius 3 is 1.60 bits per heavy atom. The molecule has 1 aromatic carbocycles. The molecule has 0 spiro atoms. The molecule has 8 heteroatoms. The lowest BCUT2D eigenvalue weighted by Gasteiger charge is -2.46. The van der Waals surface area contributed by atoms with Gasteiger partial charge in [0.2, 0.25) is 0 Å². The van der Waals surface area contributed by atoms with Gasteiger partial charge < -0.3 is 31.3 Å². The smallest absolute Gasteiger partial charge is 0.334 e. The predicted octanol–water partition coefficient (Wildman–Crippen LogP) is 8.97. The number of unbranched alkanes of at least 4 members (excludes halogenated alkanes) is 12. The highest BCUT2D eigenvalue weighted by Crippen LogP contribution is 2.55. The molecule has 1 aromatic rings. The minimum absolute atomic E-state index is 0.0278. The normalized spacial score (nSPS) is 14.9. The number of anilines is 2. The maximum absolute atomic E-state index is 13.1. The van der Waals surface area contributed by atoms with E-state index >= 15 is 0 Å². The first kappa shape index (κ1) is 38.0. The second-order valence-corrected chi connectivity index (χ2v) is 12.9. The van der Waals surface area contributed by atoms with Gasteiger partial charge in [-0.3, -0.25) is 0 Å². The number of carboxylic acids is 2. The van der Waals surface area contributed by atoms with E-state index in [2.05, 4.69) is 6.92 Å². The molecule has 0 aromatic heterocycles. The summed E-state index contributed by atoms with van der Waals surface area (Å²) in [6.07, 6.45) is 16.5. The van der Waals surface area contributed by atoms with Crippen LogP contribution in [-0.4, -0.2) is 39.7 Å². The van der Waals surface area contributed by atoms with E-state index in [0.717, 1.165) is 24.8 Å². The first-order valence-corrected chi connectivity index (χ1v) is 17.4. The molecular formula is C37H61N3O5. The molecule has 0 bridgehead atoms. The number of ether oxygens (including phenoxy) is 1. The van der Waals surface area contributed by atoms with E-state index in [1.165, 1.54) is 64.2 Å². The van der Waals surface area contributed by atoms with E-state index in [1.54, 1.807) is 24.8 Å². The number of rotatable bonds is 21. The van der Waals surface area contributed by atoms with Gasteiger partial charge in [0.15, 0.2) is 0 Å². The first-order chi connectivity index (χ1) is 21.4. The third kappa shape index (κ3) is 8.98. The molecule has 0 amide bonds. The summed E-state index contributed by atoms with van der Waals surface area (Å²) in [5.41, 5.74) is 14.7. The van der Waals surface area contributed by atoms with Crippen molar-refractivity contribution >= 4 is 23.3 Å². The number of nitrogens with two attached hydrogens (primary N) is 2. The van der Waals surface area contributed by atoms with Crippen molar-refractivity contribution in [2.24, 2.45) is 0 Å². The van der Waals surface area contributed by atoms with Crippen LogP contribution in [0.4, 0.5) is 11.4 Å². The van der Waals surface area contributed by atoms with Crippen molar-refractivity contribution in [3.8, 4) is 5.75 Å². The maximum Gasteiger partial charge on any atom is 0.334 e. The third-order valence-electron chi connectivity index (χ3n) is 9.42. The fourth-order valence-electron chi connectivity index (χ4n) is 7.34. The number of aliphatic carboxylic acids is 2. The van der Waals surface area contributed by atoms with Gasteiger partial charge in [-0.2, -0.15) is 0 Å². The highest BCUT2D eigenvalue weighted by atomic mass is 16.5. The molecule has 0 saturated carbocycles. The van der Waals surface area contributed by atoms with E-state index in [0.29, 0.717) is 41.4 Å². The van der Waals surface area contributed by atoms with Gasteiger partial charge in [-0.05, 0) is 65.5 Å². The summed E-state index contributed by atoms with van der Waals surface area (Å²) in [7, 11) is 0. The van der Waals surface area contributed by atoms with Crippen LogP contribution in [0, 0.1) is 0 Å². The summed E-state index contributed by atoms with van der Waals surface area (Å²) in [6.45, 7) is 13.7. The molecule has 0 atom stereocenters. The summed E-state index contributed by atoms with van der Waals surface area (Å²) < 4.78 is 6.33. The Balaban J connectivity index is 2.46. The van der Waals surface area contributed by atoms with Crippen LogP contribution in [0.1, 0.15) is 149 Å². The Kier molecular flexibility index (Phi) is 15.3. The fraction of sp³-hybridized carbons (Fsp3) is 0.676. The Bertz CT molecular complexity index is 1180. The highest BCUT2D eigenvalue weighted by Gasteiger charge is 2.53. The molecule has 0 saturated heterocycles. The van der Waals surface area contributed by atoms with Gasteiger partial charge >= 0.3 is 11.9 Å². The SMILES string of the molecule is CCCCCCCCCCCCCCCc1c(N)cc(N)c(OC(C)C)c1C1(CC)C(C(=O)O)=C(C)N(CC)C(C)=C1C(=O)O. The molecule has 0 radical (unpaired) electrons. The fourth-order valence-corrected chi connectivity index (χ4v) is 7.34. The first-order valence-electron chi connectivity index (χ1n) is 17.4. The van der Waals surface area contributed by atoms with E-state index in [4.69, 9.17) is 16.2 Å². The molecule has 1 aliphatic heterocycles. The Morgan fingerprint density at radius 2 is 1.22 bits per heavy atom. The Hall–Kier alpha value is -3.16. The molecule has 1 heterocycles. The van der Waals surface area contributed by atoms with Gasteiger partial charge in [-0.25, -0.2) is 9.59 Å². The lowest BCUT2D eigenvalue weighted by Crippen LogP contribution is -2.46. The third-order valence-corrected chi connectivity index (χ3v) is 9.42. The van der Waals surface area contributed by atoms with Crippen molar-refractivity contribution in [1.29, 1.82) is 0 Å².